The van der Waals surface area contributed by atoms with Gasteiger partial charge < -0.3 is 25.4 Å². The summed E-state index contributed by atoms with van der Waals surface area (Å²) in [6.07, 6.45) is 3.20. The summed E-state index contributed by atoms with van der Waals surface area (Å²) < 4.78 is 24.0. The predicted molar refractivity (Wildman–Crippen MR) is 145 cm³/mol. The molecule has 1 aliphatic rings. The zero-order chi connectivity index (χ0) is 27.2. The van der Waals surface area contributed by atoms with Crippen molar-refractivity contribution < 1.29 is 23.5 Å². The van der Waals surface area contributed by atoms with Crippen LogP contribution >= 0.6 is 11.6 Å². The van der Waals surface area contributed by atoms with E-state index in [2.05, 4.69) is 5.32 Å². The predicted octanol–water partition coefficient (Wildman–Crippen LogP) is 5.66. The molecule has 4 rings (SSSR count). The third-order valence-electron chi connectivity index (χ3n) is 6.82. The lowest BCUT2D eigenvalue weighted by molar-refractivity contribution is 0.0606. The van der Waals surface area contributed by atoms with E-state index in [1.807, 2.05) is 4.90 Å². The Balaban J connectivity index is 1.61. The van der Waals surface area contributed by atoms with Crippen molar-refractivity contribution in [2.75, 3.05) is 19.5 Å². The van der Waals surface area contributed by atoms with E-state index in [9.17, 15) is 14.0 Å². The monoisotopic (exact) mass is 539 g/mol. The molecule has 0 aliphatic heterocycles. The molecule has 9 heteroatoms. The molecule has 1 aliphatic carbocycles. The Morgan fingerprint density at radius 1 is 0.947 bits per heavy atom. The maximum absolute atomic E-state index is 13.8. The first-order chi connectivity index (χ1) is 18.3. The SMILES string of the molecule is COc1ccc(C(=O)N(Cc2cc(NC(=O)c3ccc(F)cc3)ccc2Cl)C2CCC(N)CC2)cc1OC. The first-order valence-corrected chi connectivity index (χ1v) is 12.8. The van der Waals surface area contributed by atoms with Crippen LogP contribution in [0.1, 0.15) is 52.0 Å². The number of nitrogens with one attached hydrogen (secondary N) is 1. The van der Waals surface area contributed by atoms with Crippen molar-refractivity contribution in [1.29, 1.82) is 0 Å². The standard InChI is InChI=1S/C29H31ClFN3O4/c1-37-26-14-5-19(16-27(26)38-2)29(36)34(24-11-8-22(32)9-12-24)17-20-15-23(10-13-25(20)30)33-28(35)18-3-6-21(31)7-4-18/h3-7,10,13-16,22,24H,8-9,11-12,17,32H2,1-2H3,(H,33,35). The van der Waals surface area contributed by atoms with Crippen LogP contribution in [-0.4, -0.2) is 43.0 Å². The molecule has 0 unspecified atom stereocenters. The van der Waals surface area contributed by atoms with Crippen molar-refractivity contribution in [2.45, 2.75) is 44.3 Å². The van der Waals surface area contributed by atoms with Crippen molar-refractivity contribution in [3.63, 3.8) is 0 Å². The topological polar surface area (TPSA) is 93.9 Å². The third kappa shape index (κ3) is 6.44. The van der Waals surface area contributed by atoms with Crippen molar-refractivity contribution in [3.05, 3.63) is 88.2 Å². The summed E-state index contributed by atoms with van der Waals surface area (Å²) in [6, 6.07) is 15.6. The number of carbonyl (C=O) groups excluding carboxylic acids is 2. The van der Waals surface area contributed by atoms with Gasteiger partial charge in [-0.1, -0.05) is 11.6 Å². The number of nitrogens with two attached hydrogens (primary N) is 1. The number of anilines is 1. The molecule has 3 aromatic rings. The lowest BCUT2D eigenvalue weighted by Crippen LogP contribution is -2.44. The first kappa shape index (κ1) is 27.4. The van der Waals surface area contributed by atoms with Crippen molar-refractivity contribution in [1.82, 2.24) is 4.90 Å². The second kappa shape index (κ2) is 12.3. The summed E-state index contributed by atoms with van der Waals surface area (Å²) >= 11 is 6.56. The molecule has 0 bridgehead atoms. The van der Waals surface area contributed by atoms with Crippen LogP contribution in [0.15, 0.2) is 60.7 Å². The zero-order valence-electron chi connectivity index (χ0n) is 21.4. The van der Waals surface area contributed by atoms with E-state index < -0.39 is 5.82 Å². The quantitative estimate of drug-likeness (QED) is 0.385. The van der Waals surface area contributed by atoms with Crippen molar-refractivity contribution >= 4 is 29.1 Å². The van der Waals surface area contributed by atoms with E-state index in [1.54, 1.807) is 43.5 Å². The van der Waals surface area contributed by atoms with Crippen LogP contribution in [0.3, 0.4) is 0 Å². The molecule has 0 saturated heterocycles. The highest BCUT2D eigenvalue weighted by Crippen LogP contribution is 2.32. The molecule has 200 valence electrons. The Morgan fingerprint density at radius 3 is 2.26 bits per heavy atom. The van der Waals surface area contributed by atoms with Crippen molar-refractivity contribution in [2.24, 2.45) is 5.73 Å². The van der Waals surface area contributed by atoms with E-state index in [1.165, 1.54) is 31.4 Å². The summed E-state index contributed by atoms with van der Waals surface area (Å²) in [5.41, 5.74) is 8.13. The molecule has 1 saturated carbocycles. The Labute approximate surface area is 226 Å². The fourth-order valence-electron chi connectivity index (χ4n) is 4.68. The van der Waals surface area contributed by atoms with Gasteiger partial charge in [0.15, 0.2) is 11.5 Å². The van der Waals surface area contributed by atoms with E-state index in [0.29, 0.717) is 38.9 Å². The number of halogens is 2. The second-order valence-electron chi connectivity index (χ2n) is 9.34. The maximum Gasteiger partial charge on any atom is 0.255 e. The van der Waals surface area contributed by atoms with Crippen LogP contribution < -0.4 is 20.5 Å². The molecule has 0 atom stereocenters. The average molecular weight is 540 g/mol. The van der Waals surface area contributed by atoms with Gasteiger partial charge in [-0.15, -0.1) is 0 Å². The second-order valence-corrected chi connectivity index (χ2v) is 9.75. The van der Waals surface area contributed by atoms with Crippen molar-refractivity contribution in [3.8, 4) is 11.5 Å². The maximum atomic E-state index is 13.8. The third-order valence-corrected chi connectivity index (χ3v) is 7.19. The smallest absolute Gasteiger partial charge is 0.255 e. The van der Waals surface area contributed by atoms with Gasteiger partial charge in [-0.3, -0.25) is 9.59 Å². The molecule has 0 radical (unpaired) electrons. The summed E-state index contributed by atoms with van der Waals surface area (Å²) in [7, 11) is 3.07. The Kier molecular flexibility index (Phi) is 8.86. The van der Waals surface area contributed by atoms with Gasteiger partial charge in [0.05, 0.1) is 14.2 Å². The minimum Gasteiger partial charge on any atom is -0.493 e. The molecule has 38 heavy (non-hydrogen) atoms. The molecule has 3 aromatic carbocycles. The summed E-state index contributed by atoms with van der Waals surface area (Å²) in [5, 5.41) is 3.30. The van der Waals surface area contributed by atoms with Crippen LogP contribution in [0.4, 0.5) is 10.1 Å². The number of carbonyl (C=O) groups is 2. The highest BCUT2D eigenvalue weighted by atomic mass is 35.5. The number of nitrogens with zero attached hydrogens (tertiary/aromatic N) is 1. The molecule has 1 fully saturated rings. The highest BCUT2D eigenvalue weighted by molar-refractivity contribution is 6.31. The molecule has 0 spiro atoms. The van der Waals surface area contributed by atoms with Gasteiger partial charge in [0.2, 0.25) is 0 Å². The van der Waals surface area contributed by atoms with Gasteiger partial charge in [-0.2, -0.15) is 0 Å². The summed E-state index contributed by atoms with van der Waals surface area (Å²) in [6.45, 7) is 0.242. The molecule has 3 N–H and O–H groups in total. The van der Waals surface area contributed by atoms with Crippen LogP contribution in [-0.2, 0) is 6.54 Å². The molecule has 2 amide bonds. The number of hydrogen-bond acceptors (Lipinski definition) is 5. The fourth-order valence-corrected chi connectivity index (χ4v) is 4.85. The largest absolute Gasteiger partial charge is 0.493 e. The van der Waals surface area contributed by atoms with Gasteiger partial charge >= 0.3 is 0 Å². The van der Waals surface area contributed by atoms with E-state index >= 15 is 0 Å². The van der Waals surface area contributed by atoms with Crippen LogP contribution in [0.2, 0.25) is 5.02 Å². The van der Waals surface area contributed by atoms with E-state index in [-0.39, 0.29) is 30.4 Å². The van der Waals surface area contributed by atoms with E-state index in [0.717, 1.165) is 25.7 Å². The molecule has 0 heterocycles. The van der Waals surface area contributed by atoms with Gasteiger partial charge in [0, 0.05) is 40.5 Å². The Hall–Kier alpha value is -3.62. The Morgan fingerprint density at radius 2 is 1.61 bits per heavy atom. The molecular formula is C29H31ClFN3O4. The van der Waals surface area contributed by atoms with E-state index in [4.69, 9.17) is 26.8 Å². The normalized spacial score (nSPS) is 17.0. The summed E-state index contributed by atoms with van der Waals surface area (Å²) in [5.74, 6) is 0.0404. The zero-order valence-corrected chi connectivity index (χ0v) is 22.1. The number of rotatable bonds is 8. The van der Waals surface area contributed by atoms with Crippen LogP contribution in [0.25, 0.3) is 0 Å². The van der Waals surface area contributed by atoms with Gasteiger partial charge in [0.25, 0.3) is 11.8 Å². The Bertz CT molecular complexity index is 1290. The molecule has 0 aromatic heterocycles. The first-order valence-electron chi connectivity index (χ1n) is 12.4. The number of ether oxygens (including phenoxy) is 2. The number of methoxy groups -OCH3 is 2. The highest BCUT2D eigenvalue weighted by Gasteiger charge is 2.29. The number of amides is 2. The lowest BCUT2D eigenvalue weighted by Gasteiger charge is -2.36. The van der Waals surface area contributed by atoms with Gasteiger partial charge in [-0.25, -0.2) is 4.39 Å². The lowest BCUT2D eigenvalue weighted by atomic mass is 9.90. The number of hydrogen-bond donors (Lipinski definition) is 2. The van der Waals surface area contributed by atoms with Crippen LogP contribution in [0, 0.1) is 5.82 Å². The van der Waals surface area contributed by atoms with Gasteiger partial charge in [-0.05, 0) is 91.9 Å². The fraction of sp³-hybridized carbons (Fsp3) is 0.310. The summed E-state index contributed by atoms with van der Waals surface area (Å²) in [4.78, 5) is 28.3. The molecule has 7 nitrogen and oxygen atoms in total. The average Bonchev–Trinajstić information content (AvgIpc) is 2.93. The number of benzene rings is 3. The van der Waals surface area contributed by atoms with Crippen LogP contribution in [0.5, 0.6) is 11.5 Å². The minimum atomic E-state index is -0.418. The molecular weight excluding hydrogens is 509 g/mol. The van der Waals surface area contributed by atoms with Gasteiger partial charge in [0.1, 0.15) is 5.82 Å². The minimum absolute atomic E-state index is 0.0241.